The lowest BCUT2D eigenvalue weighted by Gasteiger charge is -2.00. The van der Waals surface area contributed by atoms with Gasteiger partial charge in [0.15, 0.2) is 0 Å². The molecule has 1 aromatic heterocycles. The highest BCUT2D eigenvalue weighted by atomic mass is 79.9. The highest BCUT2D eigenvalue weighted by Gasteiger charge is 2.00. The van der Waals surface area contributed by atoms with Crippen molar-refractivity contribution in [3.63, 3.8) is 0 Å². The van der Waals surface area contributed by atoms with Crippen LogP contribution in [0, 0.1) is 0 Å². The minimum atomic E-state index is 0.734. The van der Waals surface area contributed by atoms with Gasteiger partial charge in [0.05, 0.1) is 0 Å². The van der Waals surface area contributed by atoms with Crippen molar-refractivity contribution in [2.24, 2.45) is 0 Å². The first kappa shape index (κ1) is 11.9. The molecule has 1 heterocycles. The molecule has 0 aliphatic heterocycles. The molecule has 0 radical (unpaired) electrons. The van der Waals surface area contributed by atoms with Gasteiger partial charge in [-0.3, -0.25) is 4.79 Å². The molecule has 0 aliphatic carbocycles. The summed E-state index contributed by atoms with van der Waals surface area (Å²) in [5, 5.41) is 2.08. The van der Waals surface area contributed by atoms with Crippen molar-refractivity contribution in [2.75, 3.05) is 0 Å². The van der Waals surface area contributed by atoms with Gasteiger partial charge in [-0.2, -0.15) is 0 Å². The molecule has 1 aromatic carbocycles. The summed E-state index contributed by atoms with van der Waals surface area (Å²) in [6.07, 6.45) is 0.881. The second-order valence-electron chi connectivity index (χ2n) is 3.21. The molecule has 82 valence electrons. The number of rotatable bonds is 4. The van der Waals surface area contributed by atoms with E-state index >= 15 is 0 Å². The Balaban J connectivity index is 2.01. The fourth-order valence-electron chi connectivity index (χ4n) is 1.26. The van der Waals surface area contributed by atoms with E-state index in [0.29, 0.717) is 0 Å². The van der Waals surface area contributed by atoms with Crippen molar-refractivity contribution in [2.45, 2.75) is 10.6 Å². The van der Waals surface area contributed by atoms with Crippen LogP contribution in [0.4, 0.5) is 0 Å². The van der Waals surface area contributed by atoms with Crippen LogP contribution < -0.4 is 0 Å². The lowest BCUT2D eigenvalue weighted by Crippen LogP contribution is -1.80. The highest BCUT2D eigenvalue weighted by Crippen LogP contribution is 2.28. The molecule has 0 unspecified atom stereocenters. The Morgan fingerprint density at radius 2 is 2.25 bits per heavy atom. The van der Waals surface area contributed by atoms with Gasteiger partial charge in [0.2, 0.25) is 0 Å². The second kappa shape index (κ2) is 5.66. The number of aldehydes is 1. The van der Waals surface area contributed by atoms with Crippen molar-refractivity contribution in [3.8, 4) is 0 Å². The van der Waals surface area contributed by atoms with Crippen LogP contribution in [0.2, 0.25) is 0 Å². The van der Waals surface area contributed by atoms with E-state index in [2.05, 4.69) is 27.4 Å². The fraction of sp³-hybridized carbons (Fsp3) is 0.0833. The summed E-state index contributed by atoms with van der Waals surface area (Å²) in [5.74, 6) is 0.943. The van der Waals surface area contributed by atoms with Crippen molar-refractivity contribution >= 4 is 45.3 Å². The third-order valence-corrected chi connectivity index (χ3v) is 4.92. The third kappa shape index (κ3) is 3.20. The van der Waals surface area contributed by atoms with Crippen LogP contribution in [-0.4, -0.2) is 6.29 Å². The zero-order valence-corrected chi connectivity index (χ0v) is 11.6. The molecule has 1 nitrogen and oxygen atoms in total. The summed E-state index contributed by atoms with van der Waals surface area (Å²) >= 11 is 6.92. The predicted molar refractivity (Wildman–Crippen MR) is 73.4 cm³/mol. The molecule has 0 saturated carbocycles. The van der Waals surface area contributed by atoms with Gasteiger partial charge in [-0.1, -0.05) is 12.1 Å². The van der Waals surface area contributed by atoms with Gasteiger partial charge in [0.1, 0.15) is 6.29 Å². The minimum absolute atomic E-state index is 0.734. The van der Waals surface area contributed by atoms with Crippen LogP contribution in [0.5, 0.6) is 0 Å². The Morgan fingerprint density at radius 3 is 2.94 bits per heavy atom. The number of benzene rings is 1. The maximum absolute atomic E-state index is 10.6. The van der Waals surface area contributed by atoms with Crippen molar-refractivity contribution < 1.29 is 4.79 Å². The molecule has 2 rings (SSSR count). The number of hydrogen-bond acceptors (Lipinski definition) is 3. The lowest BCUT2D eigenvalue weighted by molar-refractivity contribution is 0.112. The summed E-state index contributed by atoms with van der Waals surface area (Å²) in [5.41, 5.74) is 0.734. The van der Waals surface area contributed by atoms with Gasteiger partial charge in [-0.05, 0) is 34.1 Å². The summed E-state index contributed by atoms with van der Waals surface area (Å²) in [6, 6.07) is 9.80. The van der Waals surface area contributed by atoms with Gasteiger partial charge in [-0.25, -0.2) is 0 Å². The molecule has 4 heteroatoms. The molecule has 0 amide bonds. The van der Waals surface area contributed by atoms with Crippen molar-refractivity contribution in [3.05, 3.63) is 50.6 Å². The quantitative estimate of drug-likeness (QED) is 0.605. The molecular weight excluding hydrogens is 304 g/mol. The molecule has 16 heavy (non-hydrogen) atoms. The lowest BCUT2D eigenvalue weighted by atomic mass is 10.2. The van der Waals surface area contributed by atoms with Gasteiger partial charge < -0.3 is 0 Å². The number of carbonyl (C=O) groups excluding carboxylic acids is 1. The Bertz CT molecular complexity index is 493. The van der Waals surface area contributed by atoms with E-state index in [-0.39, 0.29) is 0 Å². The molecule has 0 spiro atoms. The standard InChI is InChI=1S/C12H9BrOS2/c13-10-5-12(15-7-10)8-16-11-3-1-2-9(4-11)6-14/h1-7H,8H2. The minimum Gasteiger partial charge on any atom is -0.298 e. The molecule has 2 aromatic rings. The van der Waals surface area contributed by atoms with Crippen molar-refractivity contribution in [1.82, 2.24) is 0 Å². The smallest absolute Gasteiger partial charge is 0.150 e. The predicted octanol–water partition coefficient (Wildman–Crippen LogP) is 4.62. The first-order valence-electron chi connectivity index (χ1n) is 4.69. The maximum atomic E-state index is 10.6. The first-order valence-corrected chi connectivity index (χ1v) is 7.35. The first-order chi connectivity index (χ1) is 7.78. The Hall–Kier alpha value is -0.580. The van der Waals surface area contributed by atoms with Crippen LogP contribution in [0.15, 0.2) is 45.1 Å². The second-order valence-corrected chi connectivity index (χ2v) is 6.17. The van der Waals surface area contributed by atoms with Crippen molar-refractivity contribution in [1.29, 1.82) is 0 Å². The largest absolute Gasteiger partial charge is 0.298 e. The van der Waals surface area contributed by atoms with Gasteiger partial charge in [0.25, 0.3) is 0 Å². The number of carbonyl (C=O) groups is 1. The van der Waals surface area contributed by atoms with E-state index in [1.54, 1.807) is 23.1 Å². The van der Waals surface area contributed by atoms with Crippen LogP contribution in [0.1, 0.15) is 15.2 Å². The molecule has 0 N–H and O–H groups in total. The number of thiophene rings is 1. The van der Waals surface area contributed by atoms with E-state index in [9.17, 15) is 4.79 Å². The molecule has 0 saturated heterocycles. The van der Waals surface area contributed by atoms with E-state index in [1.807, 2.05) is 24.3 Å². The average Bonchev–Trinajstić information content (AvgIpc) is 2.73. The average molecular weight is 313 g/mol. The Morgan fingerprint density at radius 1 is 1.38 bits per heavy atom. The number of thioether (sulfide) groups is 1. The number of halogens is 1. The Kier molecular flexibility index (Phi) is 4.21. The van der Waals surface area contributed by atoms with E-state index in [4.69, 9.17) is 0 Å². The molecule has 0 fully saturated rings. The van der Waals surface area contributed by atoms with E-state index < -0.39 is 0 Å². The van der Waals surface area contributed by atoms with Gasteiger partial charge in [0, 0.05) is 30.9 Å². The Labute approximate surface area is 111 Å². The van der Waals surface area contributed by atoms with E-state index in [1.165, 1.54) is 4.88 Å². The fourth-order valence-corrected chi connectivity index (χ4v) is 3.73. The number of hydrogen-bond donors (Lipinski definition) is 0. The summed E-state index contributed by atoms with van der Waals surface area (Å²) < 4.78 is 1.13. The van der Waals surface area contributed by atoms with Gasteiger partial charge >= 0.3 is 0 Å². The molecule has 0 aliphatic rings. The summed E-state index contributed by atoms with van der Waals surface area (Å²) in [7, 11) is 0. The zero-order valence-electron chi connectivity index (χ0n) is 8.35. The third-order valence-electron chi connectivity index (χ3n) is 2.00. The molecule has 0 atom stereocenters. The van der Waals surface area contributed by atoms with Gasteiger partial charge in [-0.15, -0.1) is 23.1 Å². The van der Waals surface area contributed by atoms with Crippen LogP contribution in [-0.2, 0) is 5.75 Å². The molecular formula is C12H9BrOS2. The zero-order chi connectivity index (χ0) is 11.4. The normalized spacial score (nSPS) is 10.3. The summed E-state index contributed by atoms with van der Waals surface area (Å²) in [4.78, 5) is 13.1. The molecule has 0 bridgehead atoms. The van der Waals surface area contributed by atoms with Crippen LogP contribution >= 0.6 is 39.0 Å². The highest BCUT2D eigenvalue weighted by molar-refractivity contribution is 9.10. The van der Waals surface area contributed by atoms with Crippen LogP contribution in [0.3, 0.4) is 0 Å². The summed E-state index contributed by atoms with van der Waals surface area (Å²) in [6.45, 7) is 0. The topological polar surface area (TPSA) is 17.1 Å². The maximum Gasteiger partial charge on any atom is 0.150 e. The van der Waals surface area contributed by atoms with Crippen LogP contribution in [0.25, 0.3) is 0 Å². The monoisotopic (exact) mass is 312 g/mol. The SMILES string of the molecule is O=Cc1cccc(SCc2cc(Br)cs2)c1. The van der Waals surface area contributed by atoms with E-state index in [0.717, 1.165) is 27.0 Å².